The lowest BCUT2D eigenvalue weighted by Crippen LogP contribution is -2.16. The van der Waals surface area contributed by atoms with Gasteiger partial charge in [0, 0.05) is 24.8 Å². The summed E-state index contributed by atoms with van der Waals surface area (Å²) in [4.78, 5) is 27.4. The number of carbonyl (C=O) groups excluding carboxylic acids is 2. The van der Waals surface area contributed by atoms with Crippen molar-refractivity contribution in [3.63, 3.8) is 0 Å². The maximum absolute atomic E-state index is 12.2. The maximum Gasteiger partial charge on any atom is 0.184 e. The Morgan fingerprint density at radius 1 is 1.38 bits per heavy atom. The van der Waals surface area contributed by atoms with Crippen molar-refractivity contribution in [2.45, 2.75) is 38.1 Å². The van der Waals surface area contributed by atoms with E-state index in [4.69, 9.17) is 0 Å². The molecular weight excluding hydrogens is 204 g/mol. The molecule has 0 radical (unpaired) electrons. The van der Waals surface area contributed by atoms with Crippen molar-refractivity contribution in [2.24, 2.45) is 5.92 Å². The minimum atomic E-state index is -0.0956. The highest BCUT2D eigenvalue weighted by Gasteiger charge is 2.33. The molecule has 1 aromatic rings. The van der Waals surface area contributed by atoms with Crippen molar-refractivity contribution in [3.05, 3.63) is 18.2 Å². The standard InChI is InChI=1S/C12H14N2O2/c15-10-4-1-8(5-10)12(16)11-6-13-7-14(11)9-2-3-9/h6-9H,1-5H2. The molecule has 84 valence electrons. The predicted molar refractivity (Wildman–Crippen MR) is 57.2 cm³/mol. The van der Waals surface area contributed by atoms with Crippen molar-refractivity contribution in [3.8, 4) is 0 Å². The van der Waals surface area contributed by atoms with Crippen molar-refractivity contribution >= 4 is 11.6 Å². The Morgan fingerprint density at radius 3 is 2.81 bits per heavy atom. The van der Waals surface area contributed by atoms with E-state index in [1.165, 1.54) is 0 Å². The smallest absolute Gasteiger partial charge is 0.184 e. The first-order valence-corrected chi connectivity index (χ1v) is 5.83. The van der Waals surface area contributed by atoms with E-state index >= 15 is 0 Å². The van der Waals surface area contributed by atoms with Gasteiger partial charge in [0.05, 0.1) is 12.5 Å². The summed E-state index contributed by atoms with van der Waals surface area (Å²) in [5.74, 6) is 0.229. The fourth-order valence-corrected chi connectivity index (χ4v) is 2.39. The minimum Gasteiger partial charge on any atom is -0.325 e. The van der Waals surface area contributed by atoms with Crippen LogP contribution in [0.4, 0.5) is 0 Å². The molecule has 1 heterocycles. The topological polar surface area (TPSA) is 52.0 Å². The number of aromatic nitrogens is 2. The van der Waals surface area contributed by atoms with Gasteiger partial charge < -0.3 is 4.57 Å². The first-order valence-electron chi connectivity index (χ1n) is 5.83. The van der Waals surface area contributed by atoms with Gasteiger partial charge in [0.25, 0.3) is 0 Å². The van der Waals surface area contributed by atoms with E-state index in [2.05, 4.69) is 4.98 Å². The lowest BCUT2D eigenvalue weighted by atomic mass is 10.0. The summed E-state index contributed by atoms with van der Waals surface area (Å²) >= 11 is 0. The third-order valence-corrected chi connectivity index (χ3v) is 3.48. The average Bonchev–Trinajstić information content (AvgIpc) is 2.85. The molecule has 16 heavy (non-hydrogen) atoms. The fraction of sp³-hybridized carbons (Fsp3) is 0.583. The molecule has 1 atom stereocenters. The van der Waals surface area contributed by atoms with Gasteiger partial charge in [-0.25, -0.2) is 4.98 Å². The van der Waals surface area contributed by atoms with Crippen LogP contribution in [0.3, 0.4) is 0 Å². The van der Waals surface area contributed by atoms with E-state index in [1.54, 1.807) is 12.5 Å². The van der Waals surface area contributed by atoms with Gasteiger partial charge in [0.15, 0.2) is 5.78 Å². The third kappa shape index (κ3) is 1.58. The lowest BCUT2D eigenvalue weighted by Gasteiger charge is -2.09. The molecule has 4 heteroatoms. The summed E-state index contributed by atoms with van der Waals surface area (Å²) < 4.78 is 1.98. The molecule has 2 fully saturated rings. The highest BCUT2D eigenvalue weighted by molar-refractivity contribution is 6.00. The number of hydrogen-bond donors (Lipinski definition) is 0. The highest BCUT2D eigenvalue weighted by atomic mass is 16.1. The van der Waals surface area contributed by atoms with Gasteiger partial charge in [-0.1, -0.05) is 0 Å². The summed E-state index contributed by atoms with van der Waals surface area (Å²) in [6.07, 6.45) is 7.36. The van der Waals surface area contributed by atoms with E-state index in [1.807, 2.05) is 4.57 Å². The molecular formula is C12H14N2O2. The van der Waals surface area contributed by atoms with Crippen LogP contribution < -0.4 is 0 Å². The first-order chi connectivity index (χ1) is 7.75. The van der Waals surface area contributed by atoms with E-state index in [-0.39, 0.29) is 17.5 Å². The Bertz CT molecular complexity index is 446. The molecule has 0 aromatic carbocycles. The third-order valence-electron chi connectivity index (χ3n) is 3.48. The van der Waals surface area contributed by atoms with Crippen LogP contribution in [0.1, 0.15) is 48.6 Å². The molecule has 0 bridgehead atoms. The fourth-order valence-electron chi connectivity index (χ4n) is 2.39. The largest absolute Gasteiger partial charge is 0.325 e. The zero-order valence-corrected chi connectivity index (χ0v) is 9.06. The Labute approximate surface area is 93.7 Å². The van der Waals surface area contributed by atoms with E-state index in [0.29, 0.717) is 31.0 Å². The van der Waals surface area contributed by atoms with Gasteiger partial charge in [0.1, 0.15) is 11.5 Å². The predicted octanol–water partition coefficient (Wildman–Crippen LogP) is 1.77. The second kappa shape index (κ2) is 3.54. The molecule has 3 rings (SSSR count). The van der Waals surface area contributed by atoms with Gasteiger partial charge in [0.2, 0.25) is 0 Å². The Balaban J connectivity index is 1.83. The van der Waals surface area contributed by atoms with Gasteiger partial charge in [-0.3, -0.25) is 9.59 Å². The van der Waals surface area contributed by atoms with Crippen molar-refractivity contribution in [1.82, 2.24) is 9.55 Å². The van der Waals surface area contributed by atoms with Crippen LogP contribution in [0.5, 0.6) is 0 Å². The summed E-state index contributed by atoms with van der Waals surface area (Å²) in [5.41, 5.74) is 0.696. The van der Waals surface area contributed by atoms with Gasteiger partial charge in [-0.15, -0.1) is 0 Å². The Hall–Kier alpha value is -1.45. The zero-order chi connectivity index (χ0) is 11.1. The molecule has 2 aliphatic rings. The van der Waals surface area contributed by atoms with Crippen LogP contribution in [-0.4, -0.2) is 21.1 Å². The van der Waals surface area contributed by atoms with Crippen LogP contribution >= 0.6 is 0 Å². The average molecular weight is 218 g/mol. The molecule has 1 unspecified atom stereocenters. The van der Waals surface area contributed by atoms with Crippen LogP contribution in [0, 0.1) is 5.92 Å². The van der Waals surface area contributed by atoms with Crippen LogP contribution in [-0.2, 0) is 4.79 Å². The first kappa shape index (κ1) is 9.75. The lowest BCUT2D eigenvalue weighted by molar-refractivity contribution is -0.117. The zero-order valence-electron chi connectivity index (χ0n) is 9.06. The monoisotopic (exact) mass is 218 g/mol. The molecule has 0 N–H and O–H groups in total. The molecule has 2 aliphatic carbocycles. The SMILES string of the molecule is O=C1CCC(C(=O)c2cncn2C2CC2)C1. The highest BCUT2D eigenvalue weighted by Crippen LogP contribution is 2.36. The van der Waals surface area contributed by atoms with Gasteiger partial charge in [-0.05, 0) is 19.3 Å². The number of carbonyl (C=O) groups is 2. The number of rotatable bonds is 3. The Morgan fingerprint density at radius 2 is 2.19 bits per heavy atom. The molecule has 0 saturated heterocycles. The molecule has 1 aromatic heterocycles. The quantitative estimate of drug-likeness (QED) is 0.726. The summed E-state index contributed by atoms with van der Waals surface area (Å²) in [6, 6.07) is 0.471. The van der Waals surface area contributed by atoms with Crippen molar-refractivity contribution < 1.29 is 9.59 Å². The van der Waals surface area contributed by atoms with Gasteiger partial charge >= 0.3 is 0 Å². The second-order valence-electron chi connectivity index (χ2n) is 4.76. The summed E-state index contributed by atoms with van der Waals surface area (Å²) in [6.45, 7) is 0. The second-order valence-corrected chi connectivity index (χ2v) is 4.76. The Kier molecular flexibility index (Phi) is 2.16. The molecule has 2 saturated carbocycles. The number of hydrogen-bond acceptors (Lipinski definition) is 3. The summed E-state index contributed by atoms with van der Waals surface area (Å²) in [7, 11) is 0. The molecule has 0 spiro atoms. The number of Topliss-reactive ketones (excluding diaryl/α,β-unsaturated/α-hetero) is 2. The van der Waals surface area contributed by atoms with Crippen LogP contribution in [0.25, 0.3) is 0 Å². The number of imidazole rings is 1. The minimum absolute atomic E-state index is 0.0956. The number of ketones is 2. The van der Waals surface area contributed by atoms with E-state index < -0.39 is 0 Å². The molecule has 0 amide bonds. The summed E-state index contributed by atoms with van der Waals surface area (Å²) in [5, 5.41) is 0. The van der Waals surface area contributed by atoms with Gasteiger partial charge in [-0.2, -0.15) is 0 Å². The number of nitrogens with zero attached hydrogens (tertiary/aromatic N) is 2. The van der Waals surface area contributed by atoms with Crippen LogP contribution in [0.15, 0.2) is 12.5 Å². The van der Waals surface area contributed by atoms with Crippen LogP contribution in [0.2, 0.25) is 0 Å². The van der Waals surface area contributed by atoms with E-state index in [9.17, 15) is 9.59 Å². The van der Waals surface area contributed by atoms with Crippen molar-refractivity contribution in [1.29, 1.82) is 0 Å². The maximum atomic E-state index is 12.2. The molecule has 4 nitrogen and oxygen atoms in total. The molecule has 0 aliphatic heterocycles. The van der Waals surface area contributed by atoms with Crippen molar-refractivity contribution in [2.75, 3.05) is 0 Å². The van der Waals surface area contributed by atoms with E-state index in [0.717, 1.165) is 12.8 Å². The normalized spacial score (nSPS) is 25.0.